The molecule has 0 aromatic rings. The van der Waals surface area contributed by atoms with Gasteiger partial charge in [0.2, 0.25) is 0 Å². The minimum Gasteiger partial charge on any atom is -0.232 e. The maximum Gasteiger partial charge on any atom is 0.103 e. The zero-order chi connectivity index (χ0) is 6.57. The first-order chi connectivity index (χ1) is 3.66. The summed E-state index contributed by atoms with van der Waals surface area (Å²) in [4.78, 5) is 0. The lowest BCUT2D eigenvalue weighted by molar-refractivity contribution is 0.222. The molecular formula is C7H13O. The van der Waals surface area contributed by atoms with E-state index in [0.29, 0.717) is 5.92 Å². The van der Waals surface area contributed by atoms with Crippen LogP contribution >= 0.6 is 0 Å². The van der Waals surface area contributed by atoms with Gasteiger partial charge >= 0.3 is 0 Å². The maximum atomic E-state index is 10.1. The number of rotatable bonds is 2. The van der Waals surface area contributed by atoms with E-state index in [1.165, 1.54) is 0 Å². The molecule has 0 aromatic carbocycles. The van der Waals surface area contributed by atoms with Gasteiger partial charge < -0.3 is 0 Å². The summed E-state index contributed by atoms with van der Waals surface area (Å²) < 4.78 is 0. The van der Waals surface area contributed by atoms with E-state index in [1.807, 2.05) is 13.0 Å². The molecule has 0 unspecified atom stereocenters. The summed E-state index contributed by atoms with van der Waals surface area (Å²) in [5, 5.41) is 10.1. The lowest BCUT2D eigenvalue weighted by atomic mass is 10.1. The van der Waals surface area contributed by atoms with Crippen molar-refractivity contribution < 1.29 is 5.11 Å². The Labute approximate surface area is 51.0 Å². The van der Waals surface area contributed by atoms with E-state index in [2.05, 4.69) is 13.8 Å². The summed E-state index contributed by atoms with van der Waals surface area (Å²) in [6.07, 6.45) is 1.99. The Morgan fingerprint density at radius 2 is 2.12 bits per heavy atom. The fourth-order valence-electron chi connectivity index (χ4n) is 0.617. The zero-order valence-electron chi connectivity index (χ0n) is 5.77. The summed E-state index contributed by atoms with van der Waals surface area (Å²) in [6.45, 7) is 5.95. The van der Waals surface area contributed by atoms with Gasteiger partial charge in [-0.05, 0) is 18.4 Å². The summed E-state index contributed by atoms with van der Waals surface area (Å²) in [5.74, 6) is 0.518. The molecule has 0 N–H and O–H groups in total. The first-order valence-electron chi connectivity index (χ1n) is 2.92. The SMILES string of the molecule is C/C(=C\C(C)C)C[O]. The molecule has 0 bridgehead atoms. The van der Waals surface area contributed by atoms with Crippen molar-refractivity contribution in [3.63, 3.8) is 0 Å². The molecule has 0 atom stereocenters. The average molecular weight is 113 g/mol. The van der Waals surface area contributed by atoms with E-state index in [-0.39, 0.29) is 6.61 Å². The molecule has 0 saturated heterocycles. The third kappa shape index (κ3) is 3.88. The Kier molecular flexibility index (Phi) is 3.53. The lowest BCUT2D eigenvalue weighted by Crippen LogP contribution is -1.86. The molecule has 8 heavy (non-hydrogen) atoms. The molecule has 0 aliphatic rings. The molecule has 1 heteroatoms. The van der Waals surface area contributed by atoms with Crippen LogP contribution in [0.4, 0.5) is 0 Å². The largest absolute Gasteiger partial charge is 0.232 e. The molecular weight excluding hydrogens is 100 g/mol. The second-order valence-corrected chi connectivity index (χ2v) is 2.40. The van der Waals surface area contributed by atoms with E-state index in [1.54, 1.807) is 0 Å². The van der Waals surface area contributed by atoms with Crippen molar-refractivity contribution >= 4 is 0 Å². The minimum absolute atomic E-state index is 0.0574. The van der Waals surface area contributed by atoms with Gasteiger partial charge in [-0.2, -0.15) is 0 Å². The standard InChI is InChI=1S/C7H13O/c1-6(2)4-7(3)5-8/h4,6H,5H2,1-3H3/b7-4+. The van der Waals surface area contributed by atoms with Gasteiger partial charge in [0.1, 0.15) is 6.61 Å². The summed E-state index contributed by atoms with van der Waals surface area (Å²) >= 11 is 0. The molecule has 0 fully saturated rings. The Hall–Kier alpha value is -0.300. The average Bonchev–Trinajstić information content (AvgIpc) is 1.65. The van der Waals surface area contributed by atoms with Gasteiger partial charge in [-0.3, -0.25) is 0 Å². The van der Waals surface area contributed by atoms with Crippen molar-refractivity contribution in [1.29, 1.82) is 0 Å². The summed E-state index contributed by atoms with van der Waals surface area (Å²) in [6, 6.07) is 0. The molecule has 0 saturated carbocycles. The smallest absolute Gasteiger partial charge is 0.103 e. The Morgan fingerprint density at radius 3 is 2.25 bits per heavy atom. The van der Waals surface area contributed by atoms with Crippen LogP contribution in [0, 0.1) is 5.92 Å². The maximum absolute atomic E-state index is 10.1. The fraction of sp³-hybridized carbons (Fsp3) is 0.714. The van der Waals surface area contributed by atoms with E-state index in [9.17, 15) is 5.11 Å². The van der Waals surface area contributed by atoms with Crippen molar-refractivity contribution in [2.24, 2.45) is 5.92 Å². The van der Waals surface area contributed by atoms with Crippen LogP contribution in [-0.4, -0.2) is 6.61 Å². The Bertz CT molecular complexity index is 82.4. The Balaban J connectivity index is 3.56. The highest BCUT2D eigenvalue weighted by atomic mass is 16.3. The molecule has 0 amide bonds. The van der Waals surface area contributed by atoms with Crippen molar-refractivity contribution in [1.82, 2.24) is 0 Å². The highest BCUT2D eigenvalue weighted by Crippen LogP contribution is 1.99. The van der Waals surface area contributed by atoms with Crippen LogP contribution in [0.5, 0.6) is 0 Å². The van der Waals surface area contributed by atoms with Crippen LogP contribution in [-0.2, 0) is 5.11 Å². The van der Waals surface area contributed by atoms with Crippen LogP contribution in [0.2, 0.25) is 0 Å². The van der Waals surface area contributed by atoms with Gasteiger partial charge in [-0.25, -0.2) is 5.11 Å². The molecule has 0 rings (SSSR count). The normalized spacial score (nSPS) is 12.9. The van der Waals surface area contributed by atoms with Crippen LogP contribution in [0.1, 0.15) is 20.8 Å². The Morgan fingerprint density at radius 1 is 1.62 bits per heavy atom. The van der Waals surface area contributed by atoms with Crippen LogP contribution < -0.4 is 0 Å². The van der Waals surface area contributed by atoms with E-state index < -0.39 is 0 Å². The molecule has 0 spiro atoms. The third-order valence-corrected chi connectivity index (χ3v) is 0.846. The van der Waals surface area contributed by atoms with E-state index >= 15 is 0 Å². The lowest BCUT2D eigenvalue weighted by Gasteiger charge is -1.95. The van der Waals surface area contributed by atoms with Crippen LogP contribution in [0.3, 0.4) is 0 Å². The first kappa shape index (κ1) is 7.70. The predicted molar refractivity (Wildman–Crippen MR) is 34.1 cm³/mol. The molecule has 0 heterocycles. The number of allylic oxidation sites excluding steroid dienone is 1. The third-order valence-electron chi connectivity index (χ3n) is 0.846. The topological polar surface area (TPSA) is 19.9 Å². The van der Waals surface area contributed by atoms with Crippen molar-refractivity contribution in [3.05, 3.63) is 11.6 Å². The van der Waals surface area contributed by atoms with E-state index in [0.717, 1.165) is 5.57 Å². The first-order valence-corrected chi connectivity index (χ1v) is 2.92. The van der Waals surface area contributed by atoms with Gasteiger partial charge in [0.15, 0.2) is 0 Å². The van der Waals surface area contributed by atoms with Crippen LogP contribution in [0.25, 0.3) is 0 Å². The zero-order valence-corrected chi connectivity index (χ0v) is 5.77. The van der Waals surface area contributed by atoms with Crippen LogP contribution in [0.15, 0.2) is 11.6 Å². The van der Waals surface area contributed by atoms with Gasteiger partial charge in [0.25, 0.3) is 0 Å². The second kappa shape index (κ2) is 3.67. The quantitative estimate of drug-likeness (QED) is 0.488. The number of hydrogen-bond acceptors (Lipinski definition) is 0. The highest BCUT2D eigenvalue weighted by molar-refractivity contribution is 4.98. The highest BCUT2D eigenvalue weighted by Gasteiger charge is 1.88. The van der Waals surface area contributed by atoms with Crippen molar-refractivity contribution in [2.75, 3.05) is 6.61 Å². The molecule has 0 aromatic heterocycles. The van der Waals surface area contributed by atoms with Gasteiger partial charge in [0.05, 0.1) is 0 Å². The molecule has 1 radical (unpaired) electrons. The van der Waals surface area contributed by atoms with E-state index in [4.69, 9.17) is 0 Å². The summed E-state index contributed by atoms with van der Waals surface area (Å²) in [5.41, 5.74) is 0.944. The number of hydrogen-bond donors (Lipinski definition) is 0. The second-order valence-electron chi connectivity index (χ2n) is 2.40. The van der Waals surface area contributed by atoms with Gasteiger partial charge in [0, 0.05) is 0 Å². The summed E-state index contributed by atoms with van der Waals surface area (Å²) in [7, 11) is 0. The van der Waals surface area contributed by atoms with Gasteiger partial charge in [-0.1, -0.05) is 19.9 Å². The van der Waals surface area contributed by atoms with Gasteiger partial charge in [-0.15, -0.1) is 0 Å². The fourth-order valence-corrected chi connectivity index (χ4v) is 0.617. The minimum atomic E-state index is -0.0574. The molecule has 0 aliphatic heterocycles. The molecule has 1 nitrogen and oxygen atoms in total. The molecule has 47 valence electrons. The molecule has 0 aliphatic carbocycles. The van der Waals surface area contributed by atoms with Crippen molar-refractivity contribution in [3.8, 4) is 0 Å². The predicted octanol–water partition coefficient (Wildman–Crippen LogP) is 2.02. The monoisotopic (exact) mass is 113 g/mol. The van der Waals surface area contributed by atoms with Crippen molar-refractivity contribution in [2.45, 2.75) is 20.8 Å².